The van der Waals surface area contributed by atoms with Crippen LogP contribution in [0, 0.1) is 11.6 Å². The van der Waals surface area contributed by atoms with Crippen molar-refractivity contribution in [1.82, 2.24) is 25.2 Å². The fourth-order valence-electron chi connectivity index (χ4n) is 2.72. The molecule has 0 atom stereocenters. The molecule has 150 valence electrons. The first-order valence-corrected chi connectivity index (χ1v) is 8.92. The Labute approximate surface area is 179 Å². The molecule has 9 heteroatoms. The molecular weight excluding hydrogens is 477 g/mol. The average Bonchev–Trinajstić information content (AvgIpc) is 3.08. The van der Waals surface area contributed by atoms with Crippen LogP contribution in [0.15, 0.2) is 47.6 Å². The maximum atomic E-state index is 13.7. The molecule has 0 aliphatic rings. The molecule has 0 saturated carbocycles. The zero-order valence-corrected chi connectivity index (χ0v) is 17.9. The summed E-state index contributed by atoms with van der Waals surface area (Å²) in [4.78, 5) is 4.51. The Bertz CT molecular complexity index is 928. The lowest BCUT2D eigenvalue weighted by Gasteiger charge is -2.11. The van der Waals surface area contributed by atoms with E-state index in [1.165, 1.54) is 6.07 Å². The van der Waals surface area contributed by atoms with Crippen LogP contribution >= 0.6 is 24.0 Å². The third-order valence-electron chi connectivity index (χ3n) is 4.03. The van der Waals surface area contributed by atoms with Gasteiger partial charge in [0.05, 0.1) is 0 Å². The van der Waals surface area contributed by atoms with Crippen LogP contribution in [-0.2, 0) is 12.8 Å². The summed E-state index contributed by atoms with van der Waals surface area (Å²) in [5.41, 5.74) is 1.15. The van der Waals surface area contributed by atoms with E-state index in [0.29, 0.717) is 44.0 Å². The van der Waals surface area contributed by atoms with Gasteiger partial charge in [0.1, 0.15) is 17.5 Å². The van der Waals surface area contributed by atoms with Crippen molar-refractivity contribution in [3.8, 4) is 0 Å². The van der Waals surface area contributed by atoms with Gasteiger partial charge in [-0.05, 0) is 49.2 Å². The standard InChI is InChI=1S/C19H22F2N6.HI/c1-2-22-19(23-10-8-14-13-15(20)6-7-16(14)21)24-11-9-18-26-25-17-5-3-4-12-27(17)18;/h3-7,12-13H,2,8-11H2,1H3,(H2,22,23,24);1H. The van der Waals surface area contributed by atoms with Gasteiger partial charge in [-0.15, -0.1) is 34.2 Å². The lowest BCUT2D eigenvalue weighted by Crippen LogP contribution is -2.38. The second-order valence-electron chi connectivity index (χ2n) is 5.97. The Morgan fingerprint density at radius 3 is 2.79 bits per heavy atom. The molecule has 0 amide bonds. The predicted octanol–water partition coefficient (Wildman–Crippen LogP) is 2.97. The highest BCUT2D eigenvalue weighted by Gasteiger charge is 2.06. The molecule has 0 radical (unpaired) electrons. The Hall–Kier alpha value is -2.30. The van der Waals surface area contributed by atoms with Crippen molar-refractivity contribution in [2.45, 2.75) is 19.8 Å². The molecule has 0 aliphatic heterocycles. The van der Waals surface area contributed by atoms with Gasteiger partial charge in [0.25, 0.3) is 0 Å². The number of halogens is 3. The van der Waals surface area contributed by atoms with E-state index in [-0.39, 0.29) is 24.0 Å². The van der Waals surface area contributed by atoms with Gasteiger partial charge in [0.15, 0.2) is 11.6 Å². The van der Waals surface area contributed by atoms with Gasteiger partial charge in [0.2, 0.25) is 0 Å². The van der Waals surface area contributed by atoms with Gasteiger partial charge in [-0.1, -0.05) is 6.07 Å². The zero-order chi connectivity index (χ0) is 19.1. The number of hydrogen-bond acceptors (Lipinski definition) is 3. The molecule has 0 fully saturated rings. The van der Waals surface area contributed by atoms with Crippen LogP contribution in [0.2, 0.25) is 0 Å². The van der Waals surface area contributed by atoms with E-state index in [0.717, 1.165) is 23.6 Å². The second-order valence-corrected chi connectivity index (χ2v) is 5.97. The smallest absolute Gasteiger partial charge is 0.191 e. The van der Waals surface area contributed by atoms with Crippen molar-refractivity contribution in [2.24, 2.45) is 4.99 Å². The second kappa shape index (κ2) is 10.9. The largest absolute Gasteiger partial charge is 0.357 e. The molecule has 0 bridgehead atoms. The third kappa shape index (κ3) is 5.85. The van der Waals surface area contributed by atoms with E-state index in [1.807, 2.05) is 35.7 Å². The minimum absolute atomic E-state index is 0. The maximum absolute atomic E-state index is 13.7. The maximum Gasteiger partial charge on any atom is 0.191 e. The molecule has 1 aromatic carbocycles. The van der Waals surface area contributed by atoms with Crippen LogP contribution in [0.5, 0.6) is 0 Å². The van der Waals surface area contributed by atoms with Crippen molar-refractivity contribution in [1.29, 1.82) is 0 Å². The van der Waals surface area contributed by atoms with Crippen LogP contribution in [0.3, 0.4) is 0 Å². The summed E-state index contributed by atoms with van der Waals surface area (Å²) in [6, 6.07) is 9.23. The van der Waals surface area contributed by atoms with Crippen LogP contribution in [0.4, 0.5) is 8.78 Å². The third-order valence-corrected chi connectivity index (χ3v) is 4.03. The summed E-state index contributed by atoms with van der Waals surface area (Å²) < 4.78 is 28.8. The first-order chi connectivity index (χ1) is 13.2. The summed E-state index contributed by atoms with van der Waals surface area (Å²) in [5.74, 6) is 0.626. The molecule has 0 aliphatic carbocycles. The first kappa shape index (κ1) is 22.0. The minimum atomic E-state index is -0.437. The van der Waals surface area contributed by atoms with Gasteiger partial charge in [0, 0.05) is 32.3 Å². The van der Waals surface area contributed by atoms with Crippen LogP contribution < -0.4 is 10.6 Å². The number of guanidine groups is 1. The number of aromatic nitrogens is 3. The SMILES string of the molecule is CCNC(=NCCc1nnc2ccccn12)NCCc1cc(F)ccc1F.I. The molecule has 0 spiro atoms. The van der Waals surface area contributed by atoms with Crippen LogP contribution in [-0.4, -0.2) is 40.2 Å². The summed E-state index contributed by atoms with van der Waals surface area (Å²) in [6.45, 7) is 3.64. The summed E-state index contributed by atoms with van der Waals surface area (Å²) in [5, 5.41) is 14.6. The number of nitrogens with one attached hydrogen (secondary N) is 2. The normalized spacial score (nSPS) is 11.3. The lowest BCUT2D eigenvalue weighted by molar-refractivity contribution is 0.583. The van der Waals surface area contributed by atoms with Crippen LogP contribution in [0.1, 0.15) is 18.3 Å². The topological polar surface area (TPSA) is 66.6 Å². The lowest BCUT2D eigenvalue weighted by atomic mass is 10.1. The van der Waals surface area contributed by atoms with Crippen molar-refractivity contribution in [3.63, 3.8) is 0 Å². The number of benzene rings is 1. The number of pyridine rings is 1. The van der Waals surface area contributed by atoms with Crippen molar-refractivity contribution >= 4 is 35.6 Å². The number of aliphatic imine (C=N–C) groups is 1. The fourth-order valence-corrected chi connectivity index (χ4v) is 2.72. The van der Waals surface area contributed by atoms with Gasteiger partial charge in [-0.25, -0.2) is 8.78 Å². The van der Waals surface area contributed by atoms with Gasteiger partial charge in [-0.2, -0.15) is 0 Å². The summed E-state index contributed by atoms with van der Waals surface area (Å²) in [6.07, 6.45) is 2.93. The van der Waals surface area contributed by atoms with Crippen molar-refractivity contribution in [3.05, 3.63) is 65.6 Å². The van der Waals surface area contributed by atoms with E-state index in [4.69, 9.17) is 0 Å². The van der Waals surface area contributed by atoms with Crippen LogP contribution in [0.25, 0.3) is 5.65 Å². The molecule has 0 unspecified atom stereocenters. The summed E-state index contributed by atoms with van der Waals surface area (Å²) in [7, 11) is 0. The van der Waals surface area contributed by atoms with E-state index in [1.54, 1.807) is 0 Å². The monoisotopic (exact) mass is 500 g/mol. The Morgan fingerprint density at radius 2 is 1.96 bits per heavy atom. The Balaban J connectivity index is 0.00000280. The average molecular weight is 500 g/mol. The molecular formula is C19H23F2IN6. The van der Waals surface area contributed by atoms with E-state index >= 15 is 0 Å². The Morgan fingerprint density at radius 1 is 1.11 bits per heavy atom. The molecule has 2 heterocycles. The highest BCUT2D eigenvalue weighted by molar-refractivity contribution is 14.0. The van der Waals surface area contributed by atoms with Crippen molar-refractivity contribution in [2.75, 3.05) is 19.6 Å². The number of fused-ring (bicyclic) bond motifs is 1. The minimum Gasteiger partial charge on any atom is -0.357 e. The van der Waals surface area contributed by atoms with Crippen molar-refractivity contribution < 1.29 is 8.78 Å². The number of rotatable bonds is 7. The first-order valence-electron chi connectivity index (χ1n) is 8.92. The molecule has 3 aromatic rings. The predicted molar refractivity (Wildman–Crippen MR) is 116 cm³/mol. The highest BCUT2D eigenvalue weighted by atomic mass is 127. The molecule has 2 N–H and O–H groups in total. The summed E-state index contributed by atoms with van der Waals surface area (Å²) >= 11 is 0. The highest BCUT2D eigenvalue weighted by Crippen LogP contribution is 2.09. The quantitative estimate of drug-likeness (QED) is 0.298. The zero-order valence-electron chi connectivity index (χ0n) is 15.5. The Kier molecular flexibility index (Phi) is 8.55. The fraction of sp³-hybridized carbons (Fsp3) is 0.316. The molecule has 3 rings (SSSR count). The van der Waals surface area contributed by atoms with E-state index in [2.05, 4.69) is 25.8 Å². The molecule has 28 heavy (non-hydrogen) atoms. The van der Waals surface area contributed by atoms with Gasteiger partial charge in [-0.3, -0.25) is 9.39 Å². The van der Waals surface area contributed by atoms with E-state index in [9.17, 15) is 8.78 Å². The molecule has 2 aromatic heterocycles. The van der Waals surface area contributed by atoms with E-state index < -0.39 is 11.6 Å². The molecule has 6 nitrogen and oxygen atoms in total. The van der Waals surface area contributed by atoms with Gasteiger partial charge >= 0.3 is 0 Å². The van der Waals surface area contributed by atoms with Gasteiger partial charge < -0.3 is 10.6 Å². The molecule has 0 saturated heterocycles. The number of nitrogens with zero attached hydrogens (tertiary/aromatic N) is 4. The number of hydrogen-bond donors (Lipinski definition) is 2.